The molecule has 1 N–H and O–H groups in total. The second-order valence-corrected chi connectivity index (χ2v) is 5.46. The van der Waals surface area contributed by atoms with E-state index in [0.29, 0.717) is 5.92 Å². The van der Waals surface area contributed by atoms with Gasteiger partial charge >= 0.3 is 0 Å². The predicted molar refractivity (Wildman–Crippen MR) is 83.3 cm³/mol. The summed E-state index contributed by atoms with van der Waals surface area (Å²) < 4.78 is 5.82. The smallest absolute Gasteiger partial charge is 0.136 e. The van der Waals surface area contributed by atoms with Crippen molar-refractivity contribution in [2.24, 2.45) is 5.92 Å². The molecule has 0 aliphatic rings. The first-order valence-corrected chi connectivity index (χ1v) is 7.03. The standard InChI is InChI=1S/C17H22N2O/c1-13(2)10-19-11-14(3)9-16-6-7-17(20-16)15-5-4-8-18-12-15/h4-9,12-13,19H,10-11H2,1-3H3. The number of hydrogen-bond donors (Lipinski definition) is 1. The molecule has 0 unspecified atom stereocenters. The van der Waals surface area contributed by atoms with Crippen LogP contribution in [-0.4, -0.2) is 18.1 Å². The highest BCUT2D eigenvalue weighted by Crippen LogP contribution is 2.22. The van der Waals surface area contributed by atoms with E-state index >= 15 is 0 Å². The van der Waals surface area contributed by atoms with Gasteiger partial charge in [-0.25, -0.2) is 0 Å². The summed E-state index contributed by atoms with van der Waals surface area (Å²) in [5.74, 6) is 2.41. The topological polar surface area (TPSA) is 38.1 Å². The number of furan rings is 1. The third-order valence-electron chi connectivity index (χ3n) is 2.92. The van der Waals surface area contributed by atoms with Gasteiger partial charge in [0.1, 0.15) is 11.5 Å². The molecule has 0 atom stereocenters. The van der Waals surface area contributed by atoms with Gasteiger partial charge in [-0.1, -0.05) is 19.4 Å². The van der Waals surface area contributed by atoms with Gasteiger partial charge in [-0.15, -0.1) is 0 Å². The molecule has 0 saturated heterocycles. The van der Waals surface area contributed by atoms with Crippen molar-refractivity contribution in [1.29, 1.82) is 0 Å². The highest BCUT2D eigenvalue weighted by atomic mass is 16.3. The third-order valence-corrected chi connectivity index (χ3v) is 2.92. The number of nitrogens with zero attached hydrogens (tertiary/aromatic N) is 1. The molecule has 0 aliphatic heterocycles. The Kier molecular flexibility index (Phi) is 5.13. The summed E-state index contributed by atoms with van der Waals surface area (Å²) in [6.07, 6.45) is 5.65. The molecule has 0 amide bonds. The molecule has 106 valence electrons. The van der Waals surface area contributed by atoms with Gasteiger partial charge in [0, 0.05) is 24.5 Å². The maximum Gasteiger partial charge on any atom is 0.136 e. The van der Waals surface area contributed by atoms with Crippen LogP contribution < -0.4 is 5.32 Å². The molecule has 2 heterocycles. The summed E-state index contributed by atoms with van der Waals surface area (Å²) in [6, 6.07) is 7.89. The van der Waals surface area contributed by atoms with Gasteiger partial charge in [-0.2, -0.15) is 0 Å². The molecule has 3 nitrogen and oxygen atoms in total. The summed E-state index contributed by atoms with van der Waals surface area (Å²) in [7, 11) is 0. The molecule has 3 heteroatoms. The van der Waals surface area contributed by atoms with Gasteiger partial charge < -0.3 is 9.73 Å². The quantitative estimate of drug-likeness (QED) is 0.862. The SMILES string of the molecule is CC(=Cc1ccc(-c2cccnc2)o1)CNCC(C)C. The van der Waals surface area contributed by atoms with Gasteiger partial charge in [-0.05, 0) is 49.7 Å². The Balaban J connectivity index is 1.98. The van der Waals surface area contributed by atoms with Crippen LogP contribution in [-0.2, 0) is 0 Å². The second kappa shape index (κ2) is 7.06. The Morgan fingerprint density at radius 1 is 1.35 bits per heavy atom. The van der Waals surface area contributed by atoms with Crippen LogP contribution in [0.5, 0.6) is 0 Å². The minimum atomic E-state index is 0.670. The van der Waals surface area contributed by atoms with E-state index in [4.69, 9.17) is 4.42 Å². The first kappa shape index (κ1) is 14.5. The van der Waals surface area contributed by atoms with Crippen molar-refractivity contribution in [2.75, 3.05) is 13.1 Å². The normalized spacial score (nSPS) is 12.1. The first-order chi connectivity index (χ1) is 9.65. The van der Waals surface area contributed by atoms with E-state index < -0.39 is 0 Å². The van der Waals surface area contributed by atoms with Crippen LogP contribution in [0.2, 0.25) is 0 Å². The molecule has 2 aromatic rings. The monoisotopic (exact) mass is 270 g/mol. The maximum atomic E-state index is 5.82. The van der Waals surface area contributed by atoms with Gasteiger partial charge in [0.2, 0.25) is 0 Å². The third kappa shape index (κ3) is 4.35. The van der Waals surface area contributed by atoms with E-state index in [-0.39, 0.29) is 0 Å². The zero-order valence-electron chi connectivity index (χ0n) is 12.4. The van der Waals surface area contributed by atoms with E-state index in [1.807, 2.05) is 30.5 Å². The average molecular weight is 270 g/mol. The summed E-state index contributed by atoms with van der Waals surface area (Å²) in [6.45, 7) is 8.45. The highest BCUT2D eigenvalue weighted by Gasteiger charge is 2.03. The Labute approximate surface area is 120 Å². The maximum absolute atomic E-state index is 5.82. The fraction of sp³-hybridized carbons (Fsp3) is 0.353. The number of nitrogens with one attached hydrogen (secondary N) is 1. The molecule has 0 aliphatic carbocycles. The summed E-state index contributed by atoms with van der Waals surface area (Å²) in [5, 5.41) is 3.42. The molecule has 2 aromatic heterocycles. The molecule has 0 radical (unpaired) electrons. The largest absolute Gasteiger partial charge is 0.457 e. The Morgan fingerprint density at radius 3 is 2.90 bits per heavy atom. The van der Waals surface area contributed by atoms with Crippen LogP contribution in [0.15, 0.2) is 46.6 Å². The lowest BCUT2D eigenvalue weighted by Gasteiger charge is -2.06. The van der Waals surface area contributed by atoms with Crippen molar-refractivity contribution in [3.8, 4) is 11.3 Å². The van der Waals surface area contributed by atoms with Crippen molar-refractivity contribution < 1.29 is 4.42 Å². The van der Waals surface area contributed by atoms with Crippen LogP contribution in [0.1, 0.15) is 26.5 Å². The number of aromatic nitrogens is 1. The summed E-state index contributed by atoms with van der Waals surface area (Å²) in [5.41, 5.74) is 2.26. The van der Waals surface area contributed by atoms with Crippen molar-refractivity contribution in [3.63, 3.8) is 0 Å². The first-order valence-electron chi connectivity index (χ1n) is 7.03. The minimum absolute atomic E-state index is 0.670. The van der Waals surface area contributed by atoms with Gasteiger partial charge in [0.05, 0.1) is 0 Å². The molecule has 0 fully saturated rings. The number of rotatable bonds is 6. The van der Waals surface area contributed by atoms with Gasteiger partial charge in [0.15, 0.2) is 0 Å². The lowest BCUT2D eigenvalue weighted by atomic mass is 10.2. The summed E-state index contributed by atoms with van der Waals surface area (Å²) >= 11 is 0. The molecule has 0 spiro atoms. The van der Waals surface area contributed by atoms with E-state index in [9.17, 15) is 0 Å². The van der Waals surface area contributed by atoms with E-state index in [0.717, 1.165) is 30.2 Å². The molecule has 0 aromatic carbocycles. The molecule has 20 heavy (non-hydrogen) atoms. The lowest BCUT2D eigenvalue weighted by molar-refractivity contribution is 0.565. The fourth-order valence-electron chi connectivity index (χ4n) is 1.95. The van der Waals surface area contributed by atoms with Crippen LogP contribution >= 0.6 is 0 Å². The Bertz CT molecular complexity index is 555. The fourth-order valence-corrected chi connectivity index (χ4v) is 1.95. The molecular formula is C17H22N2O. The van der Waals surface area contributed by atoms with E-state index in [1.54, 1.807) is 6.20 Å². The minimum Gasteiger partial charge on any atom is -0.457 e. The molecule has 0 bridgehead atoms. The van der Waals surface area contributed by atoms with Gasteiger partial charge in [0.25, 0.3) is 0 Å². The number of hydrogen-bond acceptors (Lipinski definition) is 3. The lowest BCUT2D eigenvalue weighted by Crippen LogP contribution is -2.21. The molecule has 0 saturated carbocycles. The molecule has 2 rings (SSSR count). The Morgan fingerprint density at radius 2 is 2.20 bits per heavy atom. The predicted octanol–water partition coefficient (Wildman–Crippen LogP) is 3.99. The van der Waals surface area contributed by atoms with Crippen molar-refractivity contribution in [1.82, 2.24) is 10.3 Å². The van der Waals surface area contributed by atoms with E-state index in [1.165, 1.54) is 5.57 Å². The van der Waals surface area contributed by atoms with Crippen molar-refractivity contribution in [2.45, 2.75) is 20.8 Å². The second-order valence-electron chi connectivity index (χ2n) is 5.46. The van der Waals surface area contributed by atoms with Crippen molar-refractivity contribution >= 4 is 6.08 Å². The van der Waals surface area contributed by atoms with Gasteiger partial charge in [-0.3, -0.25) is 4.98 Å². The molecular weight excluding hydrogens is 248 g/mol. The average Bonchev–Trinajstić information content (AvgIpc) is 2.88. The van der Waals surface area contributed by atoms with Crippen LogP contribution in [0.4, 0.5) is 0 Å². The highest BCUT2D eigenvalue weighted by molar-refractivity contribution is 5.59. The van der Waals surface area contributed by atoms with Crippen LogP contribution in [0.25, 0.3) is 17.4 Å². The number of pyridine rings is 1. The van der Waals surface area contributed by atoms with Crippen LogP contribution in [0, 0.1) is 5.92 Å². The zero-order chi connectivity index (χ0) is 14.4. The van der Waals surface area contributed by atoms with Crippen molar-refractivity contribution in [3.05, 3.63) is 48.0 Å². The zero-order valence-corrected chi connectivity index (χ0v) is 12.4. The van der Waals surface area contributed by atoms with E-state index in [2.05, 4.69) is 37.1 Å². The summed E-state index contributed by atoms with van der Waals surface area (Å²) in [4.78, 5) is 4.10. The Hall–Kier alpha value is -1.87. The van der Waals surface area contributed by atoms with Crippen LogP contribution in [0.3, 0.4) is 0 Å².